The Kier molecular flexibility index (Phi) is 3.64. The standard InChI is InChI=1S/C13H14BrN3/c1-2-9-8-10(14)6-7-11(9)16-13-5-3-4-12(15)17-13/h3-8H,2H2,1H3,(H3,15,16,17). The fourth-order valence-electron chi connectivity index (χ4n) is 1.64. The molecule has 0 radical (unpaired) electrons. The van der Waals surface area contributed by atoms with Crippen LogP contribution < -0.4 is 11.1 Å². The van der Waals surface area contributed by atoms with Crippen molar-refractivity contribution in [3.63, 3.8) is 0 Å². The Labute approximate surface area is 109 Å². The van der Waals surface area contributed by atoms with Crippen molar-refractivity contribution in [1.29, 1.82) is 0 Å². The van der Waals surface area contributed by atoms with Gasteiger partial charge in [0.1, 0.15) is 11.6 Å². The van der Waals surface area contributed by atoms with Gasteiger partial charge in [0, 0.05) is 10.2 Å². The summed E-state index contributed by atoms with van der Waals surface area (Å²) >= 11 is 3.47. The van der Waals surface area contributed by atoms with Crippen LogP contribution in [0.15, 0.2) is 40.9 Å². The molecule has 2 rings (SSSR count). The van der Waals surface area contributed by atoms with Crippen LogP contribution in [0, 0.1) is 0 Å². The summed E-state index contributed by atoms with van der Waals surface area (Å²) in [5.41, 5.74) is 7.95. The summed E-state index contributed by atoms with van der Waals surface area (Å²) in [6.07, 6.45) is 0.962. The minimum Gasteiger partial charge on any atom is -0.384 e. The zero-order chi connectivity index (χ0) is 12.3. The van der Waals surface area contributed by atoms with E-state index >= 15 is 0 Å². The van der Waals surface area contributed by atoms with E-state index in [-0.39, 0.29) is 0 Å². The molecular weight excluding hydrogens is 278 g/mol. The minimum atomic E-state index is 0.519. The number of pyridine rings is 1. The summed E-state index contributed by atoms with van der Waals surface area (Å²) in [5.74, 6) is 1.28. The normalized spacial score (nSPS) is 10.2. The number of hydrogen-bond donors (Lipinski definition) is 2. The second-order valence-corrected chi connectivity index (χ2v) is 4.64. The lowest BCUT2D eigenvalue weighted by Gasteiger charge is -2.11. The molecule has 0 aliphatic rings. The number of aromatic nitrogens is 1. The molecule has 88 valence electrons. The smallest absolute Gasteiger partial charge is 0.132 e. The molecule has 0 spiro atoms. The van der Waals surface area contributed by atoms with Crippen LogP contribution in [0.3, 0.4) is 0 Å². The summed E-state index contributed by atoms with van der Waals surface area (Å²) in [5, 5.41) is 3.28. The van der Waals surface area contributed by atoms with Gasteiger partial charge in [-0.05, 0) is 42.3 Å². The number of nitrogens with zero attached hydrogens (tertiary/aromatic N) is 1. The van der Waals surface area contributed by atoms with Crippen molar-refractivity contribution in [2.75, 3.05) is 11.1 Å². The van der Waals surface area contributed by atoms with Crippen LogP contribution in [0.5, 0.6) is 0 Å². The minimum absolute atomic E-state index is 0.519. The molecule has 1 aromatic heterocycles. The number of anilines is 3. The Morgan fingerprint density at radius 1 is 1.29 bits per heavy atom. The number of rotatable bonds is 3. The number of nitrogen functional groups attached to an aromatic ring is 1. The Balaban J connectivity index is 2.29. The Hall–Kier alpha value is -1.55. The summed E-state index contributed by atoms with van der Waals surface area (Å²) < 4.78 is 1.08. The lowest BCUT2D eigenvalue weighted by Crippen LogP contribution is -1.99. The van der Waals surface area contributed by atoms with Crippen LogP contribution >= 0.6 is 15.9 Å². The topological polar surface area (TPSA) is 50.9 Å². The van der Waals surface area contributed by atoms with Crippen molar-refractivity contribution in [3.8, 4) is 0 Å². The van der Waals surface area contributed by atoms with Crippen LogP contribution in [-0.4, -0.2) is 4.98 Å². The first-order valence-electron chi connectivity index (χ1n) is 5.47. The van der Waals surface area contributed by atoms with Crippen LogP contribution in [-0.2, 0) is 6.42 Å². The predicted molar refractivity (Wildman–Crippen MR) is 75.5 cm³/mol. The molecule has 2 aromatic rings. The van der Waals surface area contributed by atoms with Crippen molar-refractivity contribution >= 4 is 33.3 Å². The summed E-state index contributed by atoms with van der Waals surface area (Å²) in [6.45, 7) is 2.12. The van der Waals surface area contributed by atoms with Crippen molar-refractivity contribution in [2.24, 2.45) is 0 Å². The van der Waals surface area contributed by atoms with Gasteiger partial charge in [-0.25, -0.2) is 4.98 Å². The molecule has 4 heteroatoms. The van der Waals surface area contributed by atoms with E-state index in [9.17, 15) is 0 Å². The highest BCUT2D eigenvalue weighted by molar-refractivity contribution is 9.10. The molecular formula is C13H14BrN3. The Bertz CT molecular complexity index is 526. The second-order valence-electron chi connectivity index (χ2n) is 3.73. The second kappa shape index (κ2) is 5.19. The van der Waals surface area contributed by atoms with Gasteiger partial charge in [-0.1, -0.05) is 28.9 Å². The molecule has 0 aliphatic heterocycles. The highest BCUT2D eigenvalue weighted by Crippen LogP contribution is 2.24. The lowest BCUT2D eigenvalue weighted by atomic mass is 10.1. The zero-order valence-corrected chi connectivity index (χ0v) is 11.2. The van der Waals surface area contributed by atoms with Gasteiger partial charge in [-0.3, -0.25) is 0 Å². The molecule has 0 amide bonds. The molecule has 1 aromatic carbocycles. The Morgan fingerprint density at radius 2 is 2.12 bits per heavy atom. The first-order chi connectivity index (χ1) is 8.19. The highest BCUT2D eigenvalue weighted by atomic mass is 79.9. The average Bonchev–Trinajstić information content (AvgIpc) is 2.31. The summed E-state index contributed by atoms with van der Waals surface area (Å²) in [7, 11) is 0. The third-order valence-electron chi connectivity index (χ3n) is 2.48. The molecule has 17 heavy (non-hydrogen) atoms. The molecule has 0 saturated heterocycles. The Morgan fingerprint density at radius 3 is 2.82 bits per heavy atom. The van der Waals surface area contributed by atoms with Crippen molar-refractivity contribution in [3.05, 3.63) is 46.4 Å². The number of aryl methyl sites for hydroxylation is 1. The fraction of sp³-hybridized carbons (Fsp3) is 0.154. The van der Waals surface area contributed by atoms with E-state index in [2.05, 4.69) is 39.2 Å². The molecule has 0 atom stereocenters. The van der Waals surface area contributed by atoms with E-state index in [1.54, 1.807) is 6.07 Å². The molecule has 3 nitrogen and oxygen atoms in total. The van der Waals surface area contributed by atoms with E-state index < -0.39 is 0 Å². The first kappa shape index (κ1) is 11.9. The molecule has 0 aliphatic carbocycles. The summed E-state index contributed by atoms with van der Waals surface area (Å²) in [4.78, 5) is 4.22. The molecule has 0 bridgehead atoms. The van der Waals surface area contributed by atoms with Gasteiger partial charge in [-0.2, -0.15) is 0 Å². The van der Waals surface area contributed by atoms with Gasteiger partial charge in [0.05, 0.1) is 0 Å². The zero-order valence-electron chi connectivity index (χ0n) is 9.57. The van der Waals surface area contributed by atoms with Gasteiger partial charge in [0.25, 0.3) is 0 Å². The van der Waals surface area contributed by atoms with Crippen molar-refractivity contribution in [1.82, 2.24) is 4.98 Å². The highest BCUT2D eigenvalue weighted by Gasteiger charge is 2.03. The molecule has 0 fully saturated rings. The van der Waals surface area contributed by atoms with Gasteiger partial charge >= 0.3 is 0 Å². The molecule has 0 unspecified atom stereocenters. The van der Waals surface area contributed by atoms with E-state index in [0.717, 1.165) is 22.4 Å². The number of nitrogens with one attached hydrogen (secondary N) is 1. The summed E-state index contributed by atoms with van der Waals surface area (Å²) in [6, 6.07) is 11.7. The van der Waals surface area contributed by atoms with E-state index in [1.165, 1.54) is 5.56 Å². The monoisotopic (exact) mass is 291 g/mol. The van der Waals surface area contributed by atoms with Gasteiger partial charge in [-0.15, -0.1) is 0 Å². The maximum Gasteiger partial charge on any atom is 0.132 e. The van der Waals surface area contributed by atoms with Crippen molar-refractivity contribution < 1.29 is 0 Å². The first-order valence-corrected chi connectivity index (χ1v) is 6.26. The van der Waals surface area contributed by atoms with Gasteiger partial charge in [0.15, 0.2) is 0 Å². The van der Waals surface area contributed by atoms with Crippen molar-refractivity contribution in [2.45, 2.75) is 13.3 Å². The SMILES string of the molecule is CCc1cc(Br)ccc1Nc1cccc(N)n1. The molecule has 1 heterocycles. The number of benzene rings is 1. The third-order valence-corrected chi connectivity index (χ3v) is 2.97. The maximum absolute atomic E-state index is 5.65. The van der Waals surface area contributed by atoms with E-state index in [0.29, 0.717) is 5.82 Å². The molecule has 0 saturated carbocycles. The van der Waals surface area contributed by atoms with Gasteiger partial charge < -0.3 is 11.1 Å². The van der Waals surface area contributed by atoms with E-state index in [1.807, 2.05) is 24.3 Å². The predicted octanol–water partition coefficient (Wildman–Crippen LogP) is 3.73. The van der Waals surface area contributed by atoms with Crippen LogP contribution in [0.2, 0.25) is 0 Å². The van der Waals surface area contributed by atoms with E-state index in [4.69, 9.17) is 5.73 Å². The third kappa shape index (κ3) is 2.97. The van der Waals surface area contributed by atoms with Gasteiger partial charge in [0.2, 0.25) is 0 Å². The largest absolute Gasteiger partial charge is 0.384 e. The molecule has 3 N–H and O–H groups in total. The maximum atomic E-state index is 5.65. The number of hydrogen-bond acceptors (Lipinski definition) is 3. The fourth-order valence-corrected chi connectivity index (χ4v) is 2.04. The van der Waals surface area contributed by atoms with Crippen LogP contribution in [0.4, 0.5) is 17.3 Å². The number of nitrogens with two attached hydrogens (primary N) is 1. The number of halogens is 1. The lowest BCUT2D eigenvalue weighted by molar-refractivity contribution is 1.13. The average molecular weight is 292 g/mol. The quantitative estimate of drug-likeness (QED) is 0.906. The van der Waals surface area contributed by atoms with Crippen LogP contribution in [0.25, 0.3) is 0 Å². The van der Waals surface area contributed by atoms with Crippen LogP contribution in [0.1, 0.15) is 12.5 Å².